The summed E-state index contributed by atoms with van der Waals surface area (Å²) in [5, 5.41) is 12.0. The Balaban J connectivity index is 3.43. The van der Waals surface area contributed by atoms with Gasteiger partial charge in [0.05, 0.1) is 11.5 Å². The summed E-state index contributed by atoms with van der Waals surface area (Å²) in [4.78, 5) is 12.8. The van der Waals surface area contributed by atoms with E-state index in [1.54, 1.807) is 19.0 Å². The van der Waals surface area contributed by atoms with Gasteiger partial charge in [-0.25, -0.2) is 0 Å². The Morgan fingerprint density at radius 3 is 2.50 bits per heavy atom. The standard InChI is InChI=1S/C12H23N3O/c1-12(2,10-13)7-5-8-14-9-6-11(16)15(3)4/h14H,5-9H2,1-4H3. The molecule has 0 aliphatic heterocycles. The summed E-state index contributed by atoms with van der Waals surface area (Å²) in [6.45, 7) is 5.47. The molecule has 0 bridgehead atoms. The Kier molecular flexibility index (Phi) is 6.75. The Morgan fingerprint density at radius 1 is 1.38 bits per heavy atom. The second kappa shape index (κ2) is 7.24. The SMILES string of the molecule is CN(C)C(=O)CCNCCCC(C)(C)C#N. The van der Waals surface area contributed by atoms with E-state index in [9.17, 15) is 4.79 Å². The van der Waals surface area contributed by atoms with Gasteiger partial charge >= 0.3 is 0 Å². The topological polar surface area (TPSA) is 56.1 Å². The van der Waals surface area contributed by atoms with E-state index in [0.717, 1.165) is 19.4 Å². The molecular formula is C12H23N3O. The average molecular weight is 225 g/mol. The first-order valence-corrected chi connectivity index (χ1v) is 5.71. The minimum absolute atomic E-state index is 0.143. The van der Waals surface area contributed by atoms with E-state index in [2.05, 4.69) is 11.4 Å². The van der Waals surface area contributed by atoms with Crippen molar-refractivity contribution in [3.05, 3.63) is 0 Å². The highest BCUT2D eigenvalue weighted by molar-refractivity contribution is 5.75. The monoisotopic (exact) mass is 225 g/mol. The first-order valence-electron chi connectivity index (χ1n) is 5.71. The van der Waals surface area contributed by atoms with Gasteiger partial charge in [0.1, 0.15) is 0 Å². The van der Waals surface area contributed by atoms with Gasteiger partial charge in [-0.2, -0.15) is 5.26 Å². The second-order valence-electron chi connectivity index (χ2n) is 4.89. The van der Waals surface area contributed by atoms with Crippen molar-refractivity contribution < 1.29 is 4.79 Å². The van der Waals surface area contributed by atoms with Crippen LogP contribution in [0.1, 0.15) is 33.1 Å². The van der Waals surface area contributed by atoms with Gasteiger partial charge < -0.3 is 10.2 Å². The van der Waals surface area contributed by atoms with E-state index in [0.29, 0.717) is 13.0 Å². The van der Waals surface area contributed by atoms with Crippen molar-refractivity contribution in [1.82, 2.24) is 10.2 Å². The predicted molar refractivity (Wildman–Crippen MR) is 64.8 cm³/mol. The normalized spacial score (nSPS) is 10.9. The molecule has 4 nitrogen and oxygen atoms in total. The third-order valence-corrected chi connectivity index (χ3v) is 2.47. The molecule has 0 aromatic carbocycles. The van der Waals surface area contributed by atoms with Gasteiger partial charge in [0.25, 0.3) is 0 Å². The largest absolute Gasteiger partial charge is 0.349 e. The number of rotatable bonds is 7. The van der Waals surface area contributed by atoms with Crippen molar-refractivity contribution in [2.24, 2.45) is 5.41 Å². The maximum atomic E-state index is 11.2. The van der Waals surface area contributed by atoms with Gasteiger partial charge in [0.15, 0.2) is 0 Å². The lowest BCUT2D eigenvalue weighted by Crippen LogP contribution is -2.27. The molecule has 0 saturated heterocycles. The summed E-state index contributed by atoms with van der Waals surface area (Å²) >= 11 is 0. The zero-order chi connectivity index (χ0) is 12.6. The van der Waals surface area contributed by atoms with Gasteiger partial charge in [-0.15, -0.1) is 0 Å². The van der Waals surface area contributed by atoms with E-state index in [1.807, 2.05) is 13.8 Å². The number of amides is 1. The molecule has 0 unspecified atom stereocenters. The van der Waals surface area contributed by atoms with E-state index < -0.39 is 0 Å². The molecule has 16 heavy (non-hydrogen) atoms. The van der Waals surface area contributed by atoms with E-state index in [-0.39, 0.29) is 11.3 Å². The second-order valence-corrected chi connectivity index (χ2v) is 4.89. The minimum Gasteiger partial charge on any atom is -0.349 e. The molecule has 92 valence electrons. The van der Waals surface area contributed by atoms with Crippen molar-refractivity contribution in [1.29, 1.82) is 5.26 Å². The predicted octanol–water partition coefficient (Wildman–Crippen LogP) is 1.38. The highest BCUT2D eigenvalue weighted by Crippen LogP contribution is 2.19. The van der Waals surface area contributed by atoms with Crippen LogP contribution in [0.15, 0.2) is 0 Å². The van der Waals surface area contributed by atoms with Gasteiger partial charge in [-0.1, -0.05) is 0 Å². The van der Waals surface area contributed by atoms with E-state index in [4.69, 9.17) is 5.26 Å². The molecule has 0 aromatic heterocycles. The minimum atomic E-state index is -0.235. The maximum absolute atomic E-state index is 11.2. The maximum Gasteiger partial charge on any atom is 0.223 e. The molecule has 1 N–H and O–H groups in total. The Labute approximate surface area is 98.6 Å². The van der Waals surface area contributed by atoms with Crippen LogP contribution in [-0.4, -0.2) is 38.0 Å². The molecule has 0 atom stereocenters. The average Bonchev–Trinajstić information content (AvgIpc) is 2.22. The highest BCUT2D eigenvalue weighted by Gasteiger charge is 2.15. The van der Waals surface area contributed by atoms with Crippen molar-refractivity contribution in [3.8, 4) is 6.07 Å². The first kappa shape index (κ1) is 14.9. The van der Waals surface area contributed by atoms with Crippen LogP contribution in [0.2, 0.25) is 0 Å². The Hall–Kier alpha value is -1.08. The third-order valence-electron chi connectivity index (χ3n) is 2.47. The fourth-order valence-corrected chi connectivity index (χ4v) is 1.26. The fraction of sp³-hybridized carbons (Fsp3) is 0.833. The van der Waals surface area contributed by atoms with E-state index >= 15 is 0 Å². The van der Waals surface area contributed by atoms with Crippen LogP contribution in [-0.2, 0) is 4.79 Å². The molecule has 0 radical (unpaired) electrons. The van der Waals surface area contributed by atoms with Crippen molar-refractivity contribution in [2.75, 3.05) is 27.2 Å². The number of nitrogens with zero attached hydrogens (tertiary/aromatic N) is 2. The summed E-state index contributed by atoms with van der Waals surface area (Å²) in [6.07, 6.45) is 2.39. The summed E-state index contributed by atoms with van der Waals surface area (Å²) in [7, 11) is 3.52. The lowest BCUT2D eigenvalue weighted by atomic mass is 9.90. The van der Waals surface area contributed by atoms with Crippen molar-refractivity contribution >= 4 is 5.91 Å². The van der Waals surface area contributed by atoms with Crippen LogP contribution in [0.3, 0.4) is 0 Å². The lowest BCUT2D eigenvalue weighted by molar-refractivity contribution is -0.128. The molecule has 0 fully saturated rings. The Morgan fingerprint density at radius 2 is 2.00 bits per heavy atom. The number of nitriles is 1. The summed E-state index contributed by atoms with van der Waals surface area (Å²) in [6, 6.07) is 2.28. The zero-order valence-corrected chi connectivity index (χ0v) is 10.8. The molecule has 0 heterocycles. The molecule has 0 aliphatic carbocycles. The van der Waals surface area contributed by atoms with Crippen molar-refractivity contribution in [2.45, 2.75) is 33.1 Å². The molecule has 0 aliphatic rings. The Bertz CT molecular complexity index is 253. The first-order chi connectivity index (χ1) is 7.39. The molecule has 0 saturated carbocycles. The molecule has 0 aromatic rings. The molecule has 0 rings (SSSR count). The third kappa shape index (κ3) is 7.24. The summed E-state index contributed by atoms with van der Waals surface area (Å²) in [5.41, 5.74) is -0.235. The number of carbonyl (C=O) groups is 1. The van der Waals surface area contributed by atoms with Crippen LogP contribution < -0.4 is 5.32 Å². The lowest BCUT2D eigenvalue weighted by Gasteiger charge is -2.15. The van der Waals surface area contributed by atoms with Crippen LogP contribution in [0.4, 0.5) is 0 Å². The van der Waals surface area contributed by atoms with Gasteiger partial charge in [-0.05, 0) is 33.2 Å². The van der Waals surface area contributed by atoms with Crippen LogP contribution in [0.5, 0.6) is 0 Å². The molecule has 1 amide bonds. The number of hydrogen-bond acceptors (Lipinski definition) is 3. The molecule has 0 spiro atoms. The highest BCUT2D eigenvalue weighted by atomic mass is 16.2. The van der Waals surface area contributed by atoms with Crippen LogP contribution >= 0.6 is 0 Å². The number of carbonyl (C=O) groups excluding carboxylic acids is 1. The van der Waals surface area contributed by atoms with Crippen LogP contribution in [0, 0.1) is 16.7 Å². The summed E-state index contributed by atoms with van der Waals surface area (Å²) < 4.78 is 0. The zero-order valence-electron chi connectivity index (χ0n) is 10.8. The quantitative estimate of drug-likeness (QED) is 0.666. The molecular weight excluding hydrogens is 202 g/mol. The fourth-order valence-electron chi connectivity index (χ4n) is 1.26. The van der Waals surface area contributed by atoms with Crippen molar-refractivity contribution in [3.63, 3.8) is 0 Å². The van der Waals surface area contributed by atoms with Crippen LogP contribution in [0.25, 0.3) is 0 Å². The van der Waals surface area contributed by atoms with Gasteiger partial charge in [0, 0.05) is 27.1 Å². The van der Waals surface area contributed by atoms with Gasteiger partial charge in [0.2, 0.25) is 5.91 Å². The number of nitrogens with one attached hydrogen (secondary N) is 1. The smallest absolute Gasteiger partial charge is 0.223 e. The number of hydrogen-bond donors (Lipinski definition) is 1. The van der Waals surface area contributed by atoms with E-state index in [1.165, 1.54) is 0 Å². The van der Waals surface area contributed by atoms with Gasteiger partial charge in [-0.3, -0.25) is 4.79 Å². The summed E-state index contributed by atoms with van der Waals surface area (Å²) in [5.74, 6) is 0.143. The molecule has 4 heteroatoms.